The number of amides is 1. The molecule has 2 aromatic carbocycles. The first-order chi connectivity index (χ1) is 15.3. The summed E-state index contributed by atoms with van der Waals surface area (Å²) in [6.07, 6.45) is 2.04. The van der Waals surface area contributed by atoms with Crippen LogP contribution in [-0.2, 0) is 4.74 Å². The Balaban J connectivity index is 1.46. The standard InChI is InChI=1S/C25H27NO6/c1-25(2)17-13-18-20(31-21(17)16-8-4-9-19(27)22(16)32-25)10-5-11-26(18)23(28)14-6-3-7-15(12-14)24(29)30/h3-4,6-9,12,17-18,20-21,27H,5,10-11,13H2,1-2H3,(H,29,30)/t17-,18-,20-,21+/m1/s1. The fourth-order valence-electron chi connectivity index (χ4n) is 5.48. The molecule has 5 rings (SSSR count). The number of carboxylic acid groups (broad SMARTS) is 1. The molecule has 32 heavy (non-hydrogen) atoms. The second-order valence-corrected chi connectivity index (χ2v) is 9.43. The highest BCUT2D eigenvalue weighted by molar-refractivity contribution is 5.97. The van der Waals surface area contributed by atoms with Crippen LogP contribution in [0.4, 0.5) is 0 Å². The van der Waals surface area contributed by atoms with Gasteiger partial charge in [0, 0.05) is 23.6 Å². The van der Waals surface area contributed by atoms with E-state index >= 15 is 0 Å². The van der Waals surface area contributed by atoms with Crippen molar-refractivity contribution in [1.29, 1.82) is 0 Å². The van der Waals surface area contributed by atoms with E-state index in [-0.39, 0.29) is 41.4 Å². The van der Waals surface area contributed by atoms with Crippen molar-refractivity contribution in [2.45, 2.75) is 57.0 Å². The van der Waals surface area contributed by atoms with E-state index < -0.39 is 11.6 Å². The molecule has 2 fully saturated rings. The molecule has 0 aromatic heterocycles. The van der Waals surface area contributed by atoms with Gasteiger partial charge in [0.25, 0.3) is 5.91 Å². The van der Waals surface area contributed by atoms with Crippen LogP contribution in [0.2, 0.25) is 0 Å². The van der Waals surface area contributed by atoms with Gasteiger partial charge in [-0.3, -0.25) is 4.79 Å². The quantitative estimate of drug-likeness (QED) is 0.737. The van der Waals surface area contributed by atoms with Crippen molar-refractivity contribution in [2.24, 2.45) is 5.92 Å². The third-order valence-corrected chi connectivity index (χ3v) is 7.11. The second-order valence-electron chi connectivity index (χ2n) is 9.43. The molecule has 2 N–H and O–H groups in total. The zero-order valence-electron chi connectivity index (χ0n) is 18.2. The third kappa shape index (κ3) is 3.32. The van der Waals surface area contributed by atoms with Crippen LogP contribution in [0.5, 0.6) is 11.5 Å². The average Bonchev–Trinajstić information content (AvgIpc) is 2.78. The van der Waals surface area contributed by atoms with Crippen LogP contribution in [0.3, 0.4) is 0 Å². The fourth-order valence-corrected chi connectivity index (χ4v) is 5.48. The molecule has 2 aromatic rings. The van der Waals surface area contributed by atoms with Gasteiger partial charge in [-0.25, -0.2) is 4.79 Å². The molecule has 0 aliphatic carbocycles. The van der Waals surface area contributed by atoms with Gasteiger partial charge in [0.15, 0.2) is 11.5 Å². The second kappa shape index (κ2) is 7.52. The van der Waals surface area contributed by atoms with E-state index in [1.807, 2.05) is 24.8 Å². The number of aromatic hydroxyl groups is 1. The number of ether oxygens (including phenoxy) is 2. The Bertz CT molecular complexity index is 1080. The van der Waals surface area contributed by atoms with Crippen molar-refractivity contribution < 1.29 is 29.3 Å². The third-order valence-electron chi connectivity index (χ3n) is 7.11. The Morgan fingerprint density at radius 3 is 2.66 bits per heavy atom. The molecule has 3 heterocycles. The fraction of sp³-hybridized carbons (Fsp3) is 0.440. The highest BCUT2D eigenvalue weighted by atomic mass is 16.5. The van der Waals surface area contributed by atoms with Gasteiger partial charge in [-0.05, 0) is 57.4 Å². The molecule has 2 saturated heterocycles. The lowest BCUT2D eigenvalue weighted by atomic mass is 9.72. The van der Waals surface area contributed by atoms with Crippen molar-refractivity contribution in [3.63, 3.8) is 0 Å². The summed E-state index contributed by atoms with van der Waals surface area (Å²) in [4.78, 5) is 26.6. The number of fused-ring (bicyclic) bond motifs is 4. The SMILES string of the molecule is CC1(C)Oc2c(O)cccc2[C@@H]2O[C@@H]3CCCN(C(=O)c4cccc(C(=O)O)c4)[C@@H]3C[C@H]21. The number of piperidine rings is 1. The van der Waals surface area contributed by atoms with Gasteiger partial charge in [0.05, 0.1) is 23.8 Å². The number of rotatable bonds is 2. The van der Waals surface area contributed by atoms with Gasteiger partial charge in [0.2, 0.25) is 0 Å². The summed E-state index contributed by atoms with van der Waals surface area (Å²) in [5.41, 5.74) is 0.742. The van der Waals surface area contributed by atoms with E-state index in [4.69, 9.17) is 9.47 Å². The Morgan fingerprint density at radius 2 is 1.88 bits per heavy atom. The lowest BCUT2D eigenvalue weighted by Crippen LogP contribution is -2.60. The molecule has 0 radical (unpaired) electrons. The van der Waals surface area contributed by atoms with Crippen LogP contribution in [0.15, 0.2) is 42.5 Å². The van der Waals surface area contributed by atoms with Crippen molar-refractivity contribution in [2.75, 3.05) is 6.54 Å². The molecule has 7 heteroatoms. The summed E-state index contributed by atoms with van der Waals surface area (Å²) in [6, 6.07) is 11.4. The van der Waals surface area contributed by atoms with Crippen molar-refractivity contribution in [1.82, 2.24) is 4.90 Å². The van der Waals surface area contributed by atoms with E-state index in [0.29, 0.717) is 24.3 Å². The Kier molecular flexibility index (Phi) is 4.89. The summed E-state index contributed by atoms with van der Waals surface area (Å²) >= 11 is 0. The smallest absolute Gasteiger partial charge is 0.335 e. The van der Waals surface area contributed by atoms with Gasteiger partial charge in [-0.15, -0.1) is 0 Å². The molecule has 1 amide bonds. The number of benzene rings is 2. The van der Waals surface area contributed by atoms with Crippen LogP contribution in [0.1, 0.15) is 65.5 Å². The van der Waals surface area contributed by atoms with E-state index in [9.17, 15) is 19.8 Å². The van der Waals surface area contributed by atoms with Crippen LogP contribution in [0, 0.1) is 5.92 Å². The first-order valence-electron chi connectivity index (χ1n) is 11.1. The van der Waals surface area contributed by atoms with E-state index in [0.717, 1.165) is 18.4 Å². The number of phenols is 1. The van der Waals surface area contributed by atoms with E-state index in [2.05, 4.69) is 0 Å². The maximum atomic E-state index is 13.4. The average molecular weight is 437 g/mol. The lowest BCUT2D eigenvalue weighted by Gasteiger charge is -2.54. The van der Waals surface area contributed by atoms with Gasteiger partial charge >= 0.3 is 5.97 Å². The Morgan fingerprint density at radius 1 is 1.12 bits per heavy atom. The largest absolute Gasteiger partial charge is 0.504 e. The zero-order valence-corrected chi connectivity index (χ0v) is 18.2. The van der Waals surface area contributed by atoms with E-state index in [1.165, 1.54) is 12.1 Å². The summed E-state index contributed by atoms with van der Waals surface area (Å²) in [5, 5.41) is 19.6. The van der Waals surface area contributed by atoms with Crippen molar-refractivity contribution >= 4 is 11.9 Å². The monoisotopic (exact) mass is 437 g/mol. The molecule has 3 aliphatic heterocycles. The topological polar surface area (TPSA) is 96.3 Å². The number of para-hydroxylation sites is 1. The van der Waals surface area contributed by atoms with E-state index in [1.54, 1.807) is 24.3 Å². The first-order valence-corrected chi connectivity index (χ1v) is 11.1. The van der Waals surface area contributed by atoms with Gasteiger partial charge in [0.1, 0.15) is 5.60 Å². The number of carbonyl (C=O) groups excluding carboxylic acids is 1. The summed E-state index contributed by atoms with van der Waals surface area (Å²) < 4.78 is 12.8. The molecule has 0 saturated carbocycles. The number of hydrogen-bond acceptors (Lipinski definition) is 5. The maximum absolute atomic E-state index is 13.4. The first kappa shape index (κ1) is 20.8. The molecule has 0 unspecified atom stereocenters. The lowest BCUT2D eigenvalue weighted by molar-refractivity contribution is -0.184. The molecular formula is C25H27NO6. The summed E-state index contributed by atoms with van der Waals surface area (Å²) in [6.45, 7) is 4.60. The molecule has 3 aliphatic rings. The number of carboxylic acids is 1. The van der Waals surface area contributed by atoms with Crippen molar-refractivity contribution in [3.8, 4) is 11.5 Å². The highest BCUT2D eigenvalue weighted by Gasteiger charge is 2.53. The van der Waals surface area contributed by atoms with Crippen LogP contribution in [0.25, 0.3) is 0 Å². The number of likely N-dealkylation sites (tertiary alicyclic amines) is 1. The molecule has 168 valence electrons. The van der Waals surface area contributed by atoms with Crippen LogP contribution < -0.4 is 4.74 Å². The molecule has 0 spiro atoms. The summed E-state index contributed by atoms with van der Waals surface area (Å²) in [7, 11) is 0. The number of carbonyl (C=O) groups is 2. The van der Waals surface area contributed by atoms with Crippen LogP contribution >= 0.6 is 0 Å². The molecule has 0 bridgehead atoms. The normalized spacial score (nSPS) is 28.0. The Hall–Kier alpha value is -3.06. The minimum Gasteiger partial charge on any atom is -0.504 e. The predicted molar refractivity (Wildman–Crippen MR) is 116 cm³/mol. The number of phenolic OH excluding ortho intramolecular Hbond substituents is 1. The van der Waals surface area contributed by atoms with Crippen molar-refractivity contribution in [3.05, 3.63) is 59.2 Å². The minimum atomic E-state index is -1.05. The molecular weight excluding hydrogens is 410 g/mol. The van der Waals surface area contributed by atoms with Gasteiger partial charge in [-0.2, -0.15) is 0 Å². The molecule has 4 atom stereocenters. The minimum absolute atomic E-state index is 0.00296. The Labute approximate surface area is 186 Å². The maximum Gasteiger partial charge on any atom is 0.335 e. The zero-order chi connectivity index (χ0) is 22.6. The molecule has 7 nitrogen and oxygen atoms in total. The van der Waals surface area contributed by atoms with Gasteiger partial charge in [-0.1, -0.05) is 18.2 Å². The summed E-state index contributed by atoms with van der Waals surface area (Å²) in [5.74, 6) is -0.637. The number of aromatic carboxylic acids is 1. The number of nitrogens with zero attached hydrogens (tertiary/aromatic N) is 1. The predicted octanol–water partition coefficient (Wildman–Crippen LogP) is 4.01. The number of hydrogen-bond donors (Lipinski definition) is 2. The van der Waals surface area contributed by atoms with Crippen LogP contribution in [-0.4, -0.2) is 51.3 Å². The van der Waals surface area contributed by atoms with Gasteiger partial charge < -0.3 is 24.6 Å². The highest BCUT2D eigenvalue weighted by Crippen LogP contribution is 2.54.